The number of aromatic hydroxyl groups is 1. The van der Waals surface area contributed by atoms with Gasteiger partial charge in [0.2, 0.25) is 0 Å². The molecule has 1 aliphatic rings. The van der Waals surface area contributed by atoms with Gasteiger partial charge in [-0.2, -0.15) is 9.78 Å². The molecule has 4 rings (SSSR count). The van der Waals surface area contributed by atoms with E-state index in [-0.39, 0.29) is 17.7 Å². The Hall–Kier alpha value is -3.81. The van der Waals surface area contributed by atoms with Gasteiger partial charge in [-0.3, -0.25) is 4.79 Å². The van der Waals surface area contributed by atoms with E-state index >= 15 is 0 Å². The zero-order valence-corrected chi connectivity index (χ0v) is 18.1. The molecule has 0 atom stereocenters. The van der Waals surface area contributed by atoms with Gasteiger partial charge in [-0.1, -0.05) is 18.6 Å². The van der Waals surface area contributed by atoms with Gasteiger partial charge in [0.15, 0.2) is 0 Å². The number of methoxy groups -OCH3 is 1. The predicted molar refractivity (Wildman–Crippen MR) is 121 cm³/mol. The van der Waals surface area contributed by atoms with Crippen molar-refractivity contribution in [3.63, 3.8) is 0 Å². The molecule has 0 unspecified atom stereocenters. The lowest BCUT2D eigenvalue weighted by molar-refractivity contribution is 0.102. The minimum atomic E-state index is -0.345. The third-order valence-electron chi connectivity index (χ3n) is 5.66. The fourth-order valence-corrected chi connectivity index (χ4v) is 3.77. The molecule has 0 spiro atoms. The van der Waals surface area contributed by atoms with Crippen LogP contribution in [0.5, 0.6) is 11.5 Å². The highest BCUT2D eigenvalue weighted by atomic mass is 16.5. The molecule has 1 heterocycles. The molecule has 1 aliphatic carbocycles. The topological polar surface area (TPSA) is 105 Å². The van der Waals surface area contributed by atoms with E-state index in [4.69, 9.17) is 4.74 Å². The number of anilines is 1. The first-order valence-electron chi connectivity index (χ1n) is 10.7. The Balaban J connectivity index is 1.59. The predicted octanol–water partition coefficient (Wildman–Crippen LogP) is 4.36. The summed E-state index contributed by atoms with van der Waals surface area (Å²) in [6, 6.07) is 13.3. The second-order valence-corrected chi connectivity index (χ2v) is 7.72. The molecule has 3 N–H and O–H groups in total. The van der Waals surface area contributed by atoms with Gasteiger partial charge >= 0.3 is 6.03 Å². The highest BCUT2D eigenvalue weighted by Gasteiger charge is 2.27. The van der Waals surface area contributed by atoms with Gasteiger partial charge in [0.25, 0.3) is 5.91 Å². The van der Waals surface area contributed by atoms with E-state index in [1.807, 2.05) is 13.0 Å². The molecular weight excluding hydrogens is 408 g/mol. The van der Waals surface area contributed by atoms with E-state index in [0.29, 0.717) is 40.7 Å². The van der Waals surface area contributed by atoms with E-state index in [9.17, 15) is 14.7 Å². The number of phenols is 1. The molecular formula is C24H26N4O4. The number of ether oxygens (including phenoxy) is 1. The van der Waals surface area contributed by atoms with Crippen LogP contribution in [0.2, 0.25) is 0 Å². The van der Waals surface area contributed by atoms with Crippen LogP contribution in [0.25, 0.3) is 11.3 Å². The molecule has 8 nitrogen and oxygen atoms in total. The molecule has 166 valence electrons. The zero-order valence-electron chi connectivity index (χ0n) is 18.1. The maximum Gasteiger partial charge on any atom is 0.342 e. The van der Waals surface area contributed by atoms with Gasteiger partial charge in [-0.15, -0.1) is 0 Å². The summed E-state index contributed by atoms with van der Waals surface area (Å²) in [6.45, 7) is 2.36. The second-order valence-electron chi connectivity index (χ2n) is 7.72. The Bertz CT molecular complexity index is 1150. The molecule has 0 aliphatic heterocycles. The summed E-state index contributed by atoms with van der Waals surface area (Å²) in [5.74, 6) is 0.372. The van der Waals surface area contributed by atoms with Crippen LogP contribution < -0.4 is 15.4 Å². The number of carbonyl (C=O) groups excluding carboxylic acids is 2. The number of nitrogens with zero attached hydrogens (tertiary/aromatic N) is 2. The highest BCUT2D eigenvalue weighted by Crippen LogP contribution is 2.39. The highest BCUT2D eigenvalue weighted by molar-refractivity contribution is 6.06. The summed E-state index contributed by atoms with van der Waals surface area (Å²) in [6.07, 6.45) is 3.17. The Kier molecular flexibility index (Phi) is 6.11. The Morgan fingerprint density at radius 3 is 2.62 bits per heavy atom. The van der Waals surface area contributed by atoms with Crippen molar-refractivity contribution in [1.82, 2.24) is 15.1 Å². The van der Waals surface area contributed by atoms with E-state index in [1.165, 1.54) is 17.9 Å². The molecule has 32 heavy (non-hydrogen) atoms. The molecule has 0 radical (unpaired) electrons. The van der Waals surface area contributed by atoms with E-state index in [2.05, 4.69) is 15.7 Å². The Labute approximate surface area is 186 Å². The average Bonchev–Trinajstić information content (AvgIpc) is 3.17. The third-order valence-corrected chi connectivity index (χ3v) is 5.66. The average molecular weight is 434 g/mol. The lowest BCUT2D eigenvalue weighted by Gasteiger charge is -2.25. The van der Waals surface area contributed by atoms with Gasteiger partial charge in [0, 0.05) is 29.8 Å². The van der Waals surface area contributed by atoms with E-state index in [0.717, 1.165) is 25.0 Å². The van der Waals surface area contributed by atoms with Crippen molar-refractivity contribution in [1.29, 1.82) is 0 Å². The van der Waals surface area contributed by atoms with Gasteiger partial charge in [0.1, 0.15) is 11.5 Å². The van der Waals surface area contributed by atoms with Crippen molar-refractivity contribution in [2.24, 2.45) is 0 Å². The largest absolute Gasteiger partial charge is 0.507 e. The van der Waals surface area contributed by atoms with Crippen molar-refractivity contribution in [3.05, 3.63) is 59.8 Å². The first-order chi connectivity index (χ1) is 15.5. The Morgan fingerprint density at radius 1 is 1.19 bits per heavy atom. The minimum absolute atomic E-state index is 0.0384. The molecule has 8 heteroatoms. The number of nitrogens with one attached hydrogen (secondary N) is 2. The first-order valence-corrected chi connectivity index (χ1v) is 10.7. The third kappa shape index (κ3) is 4.16. The van der Waals surface area contributed by atoms with Crippen molar-refractivity contribution < 1.29 is 19.4 Å². The molecule has 2 aromatic carbocycles. The number of para-hydroxylation sites is 1. The summed E-state index contributed by atoms with van der Waals surface area (Å²) >= 11 is 0. The standard InChI is InChI=1S/C24H26N4O4/c1-3-25-24(31)28-20(15-7-6-8-15)14-19(27-28)17-12-11-16(13-21(17)29)26-23(30)18-9-4-5-10-22(18)32-2/h4-5,9-15,29H,3,6-8H2,1-2H3,(H,25,31)(H,26,30). The van der Waals surface area contributed by atoms with Crippen LogP contribution in [-0.4, -0.2) is 40.5 Å². The van der Waals surface area contributed by atoms with E-state index < -0.39 is 0 Å². The zero-order chi connectivity index (χ0) is 22.7. The monoisotopic (exact) mass is 434 g/mol. The van der Waals surface area contributed by atoms with Crippen molar-refractivity contribution in [2.75, 3.05) is 19.0 Å². The maximum absolute atomic E-state index is 12.6. The number of carbonyl (C=O) groups is 2. The van der Waals surface area contributed by atoms with Crippen molar-refractivity contribution in [3.8, 4) is 22.8 Å². The van der Waals surface area contributed by atoms with Crippen LogP contribution in [-0.2, 0) is 0 Å². The number of aromatic nitrogens is 2. The molecule has 0 saturated heterocycles. The summed E-state index contributed by atoms with van der Waals surface area (Å²) in [5, 5.41) is 20.7. The van der Waals surface area contributed by atoms with Crippen LogP contribution in [0.3, 0.4) is 0 Å². The fourth-order valence-electron chi connectivity index (χ4n) is 3.77. The molecule has 1 fully saturated rings. The second kappa shape index (κ2) is 9.13. The van der Waals surface area contributed by atoms with Gasteiger partial charge in [-0.05, 0) is 50.1 Å². The number of hydrogen-bond acceptors (Lipinski definition) is 5. The van der Waals surface area contributed by atoms with Crippen LogP contribution in [0, 0.1) is 0 Å². The number of benzene rings is 2. The van der Waals surface area contributed by atoms with Crippen LogP contribution in [0.4, 0.5) is 10.5 Å². The fraction of sp³-hybridized carbons (Fsp3) is 0.292. The molecule has 1 saturated carbocycles. The van der Waals surface area contributed by atoms with Crippen LogP contribution in [0.15, 0.2) is 48.5 Å². The smallest absolute Gasteiger partial charge is 0.342 e. The van der Waals surface area contributed by atoms with Gasteiger partial charge in [-0.25, -0.2) is 4.79 Å². The number of phenolic OH excluding ortho intramolecular Hbond substituents is 1. The SMILES string of the molecule is CCNC(=O)n1nc(-c2ccc(NC(=O)c3ccccc3OC)cc2O)cc1C1CCC1. The molecule has 2 amide bonds. The number of amides is 2. The molecule has 0 bridgehead atoms. The van der Waals surface area contributed by atoms with Crippen LogP contribution >= 0.6 is 0 Å². The lowest BCUT2D eigenvalue weighted by Crippen LogP contribution is -2.31. The quantitative estimate of drug-likeness (QED) is 0.535. The van der Waals surface area contributed by atoms with Gasteiger partial charge < -0.3 is 20.5 Å². The number of rotatable bonds is 6. The summed E-state index contributed by atoms with van der Waals surface area (Å²) < 4.78 is 6.64. The van der Waals surface area contributed by atoms with Gasteiger partial charge in [0.05, 0.1) is 24.1 Å². The molecule has 3 aromatic rings. The van der Waals surface area contributed by atoms with Crippen LogP contribution in [0.1, 0.15) is 48.2 Å². The lowest BCUT2D eigenvalue weighted by atomic mass is 9.82. The first kappa shape index (κ1) is 21.4. The summed E-state index contributed by atoms with van der Waals surface area (Å²) in [5.41, 5.74) is 2.68. The van der Waals surface area contributed by atoms with Crippen molar-refractivity contribution in [2.45, 2.75) is 32.1 Å². The molecule has 1 aromatic heterocycles. The van der Waals surface area contributed by atoms with Crippen molar-refractivity contribution >= 4 is 17.6 Å². The summed E-state index contributed by atoms with van der Waals surface area (Å²) in [4.78, 5) is 25.1. The normalized spacial score (nSPS) is 13.3. The van der Waals surface area contributed by atoms with E-state index in [1.54, 1.807) is 36.4 Å². The number of hydrogen-bond donors (Lipinski definition) is 3. The Morgan fingerprint density at radius 2 is 1.97 bits per heavy atom. The maximum atomic E-state index is 12.6. The minimum Gasteiger partial charge on any atom is -0.507 e. The summed E-state index contributed by atoms with van der Waals surface area (Å²) in [7, 11) is 1.50.